The minimum atomic E-state index is -5.02. The van der Waals surface area contributed by atoms with Crippen LogP contribution in [0.4, 0.5) is 5.95 Å². The van der Waals surface area contributed by atoms with Crippen molar-refractivity contribution in [1.29, 1.82) is 0 Å². The van der Waals surface area contributed by atoms with Gasteiger partial charge in [0, 0.05) is 0 Å². The van der Waals surface area contributed by atoms with Crippen molar-refractivity contribution in [2.24, 2.45) is 0 Å². The molecule has 1 saturated heterocycles. The number of hydrogen-bond acceptors (Lipinski definition) is 10. The van der Waals surface area contributed by atoms with E-state index in [1.165, 1.54) is 0 Å². The number of nitrogens with two attached hydrogens (primary N) is 1. The third kappa shape index (κ3) is 3.21. The summed E-state index contributed by atoms with van der Waals surface area (Å²) in [6.07, 6.45) is -4.65. The topological polar surface area (TPSA) is 243 Å². The zero-order valence-corrected chi connectivity index (χ0v) is 14.1. The molecule has 0 radical (unpaired) electrons. The van der Waals surface area contributed by atoms with E-state index in [1.807, 2.05) is 0 Å². The number of carboxylic acid groups (broad SMARTS) is 1. The Hall–Kier alpha value is -2.39. The number of phosphoric ester groups is 1. The van der Waals surface area contributed by atoms with Crippen molar-refractivity contribution in [2.45, 2.75) is 24.0 Å². The van der Waals surface area contributed by atoms with Gasteiger partial charge in [0.2, 0.25) is 11.5 Å². The van der Waals surface area contributed by atoms with E-state index in [-0.39, 0.29) is 17.1 Å². The molecule has 0 saturated carbocycles. The first-order chi connectivity index (χ1) is 12.4. The van der Waals surface area contributed by atoms with Gasteiger partial charge in [-0.1, -0.05) is 0 Å². The summed E-state index contributed by atoms with van der Waals surface area (Å²) in [6.45, 7) is -1.05. The molecule has 0 aromatic carbocycles. The van der Waals surface area contributed by atoms with Gasteiger partial charge in [-0.15, -0.1) is 0 Å². The highest BCUT2D eigenvalue weighted by Crippen LogP contribution is 2.42. The first-order valence-electron chi connectivity index (χ1n) is 7.17. The second-order valence-corrected chi connectivity index (χ2v) is 6.89. The number of nitrogen functional groups attached to an aromatic ring is 1. The highest BCUT2D eigenvalue weighted by Gasteiger charge is 2.62. The summed E-state index contributed by atoms with van der Waals surface area (Å²) in [5.74, 6) is -2.22. The first kappa shape index (κ1) is 19.4. The van der Waals surface area contributed by atoms with Crippen LogP contribution in [0.15, 0.2) is 11.1 Å². The Bertz CT molecular complexity index is 999. The quantitative estimate of drug-likeness (QED) is 0.243. The van der Waals surface area contributed by atoms with Crippen LogP contribution >= 0.6 is 7.82 Å². The van der Waals surface area contributed by atoms with Crippen LogP contribution in [0, 0.1) is 0 Å². The number of fused-ring (bicyclic) bond motifs is 1. The number of imidazole rings is 1. The van der Waals surface area contributed by atoms with Crippen molar-refractivity contribution in [2.75, 3.05) is 12.3 Å². The van der Waals surface area contributed by atoms with Crippen LogP contribution < -0.4 is 11.3 Å². The van der Waals surface area contributed by atoms with Gasteiger partial charge in [0.05, 0.1) is 12.9 Å². The number of ether oxygens (including phenoxy) is 1. The number of anilines is 1. The molecule has 0 bridgehead atoms. The Morgan fingerprint density at radius 1 is 1.52 bits per heavy atom. The lowest BCUT2D eigenvalue weighted by molar-refractivity contribution is -0.175. The smallest absolute Gasteiger partial charge is 0.469 e. The van der Waals surface area contributed by atoms with Gasteiger partial charge >= 0.3 is 13.8 Å². The normalized spacial score (nSPS) is 28.7. The zero-order valence-electron chi connectivity index (χ0n) is 13.2. The molecule has 4 atom stereocenters. The van der Waals surface area contributed by atoms with Gasteiger partial charge in [-0.05, 0) is 0 Å². The number of carbonyl (C=O) groups is 1. The number of hydrogen-bond donors (Lipinski definition) is 7. The molecule has 3 rings (SSSR count). The Labute approximate surface area is 148 Å². The maximum Gasteiger partial charge on any atom is 0.469 e. The number of nitrogens with zero attached hydrogens (tertiary/aromatic N) is 3. The molecule has 1 fully saturated rings. The van der Waals surface area contributed by atoms with Crippen LogP contribution in [0.2, 0.25) is 0 Å². The van der Waals surface area contributed by atoms with E-state index in [0.29, 0.717) is 0 Å². The van der Waals surface area contributed by atoms with Gasteiger partial charge in [-0.25, -0.2) is 14.3 Å². The van der Waals surface area contributed by atoms with Crippen LogP contribution in [0.1, 0.15) is 6.23 Å². The summed E-state index contributed by atoms with van der Waals surface area (Å²) in [6, 6.07) is 0. The molecule has 2 aromatic rings. The molecule has 148 valence electrons. The van der Waals surface area contributed by atoms with E-state index in [2.05, 4.69) is 19.5 Å². The van der Waals surface area contributed by atoms with E-state index >= 15 is 0 Å². The number of H-pyrrole nitrogens is 1. The molecule has 3 heterocycles. The fourth-order valence-electron chi connectivity index (χ4n) is 2.70. The lowest BCUT2D eigenvalue weighted by Crippen LogP contribution is -2.55. The van der Waals surface area contributed by atoms with Crippen molar-refractivity contribution in [3.05, 3.63) is 16.7 Å². The number of aromatic amines is 1. The van der Waals surface area contributed by atoms with Gasteiger partial charge in [0.1, 0.15) is 12.2 Å². The monoisotopic (exact) mass is 407 g/mol. The maximum atomic E-state index is 11.8. The van der Waals surface area contributed by atoms with Crippen LogP contribution in [-0.4, -0.2) is 75.0 Å². The fourth-order valence-corrected chi connectivity index (χ4v) is 3.03. The number of nitrogens with one attached hydrogen (secondary N) is 1. The number of aliphatic hydroxyl groups is 2. The van der Waals surface area contributed by atoms with E-state index in [4.69, 9.17) is 20.3 Å². The molecule has 2 aromatic heterocycles. The molecule has 8 N–H and O–H groups in total. The molecule has 0 amide bonds. The van der Waals surface area contributed by atoms with Crippen LogP contribution in [0.5, 0.6) is 0 Å². The predicted molar refractivity (Wildman–Crippen MR) is 83.1 cm³/mol. The van der Waals surface area contributed by atoms with Crippen molar-refractivity contribution < 1.29 is 43.7 Å². The van der Waals surface area contributed by atoms with E-state index in [1.54, 1.807) is 0 Å². The molecular formula is C11H14N5O10P. The average molecular weight is 407 g/mol. The standard InChI is InChI=1S/C11H14N5O10P/c12-10-14-6-4(7(18)15-10)13-2-16(6)8-5(17)11(21,9(19)20)3(26-8)1-25-27(22,23)24/h2-3,5,8,17,21H,1H2,(H,19,20)(H2,22,23,24)(H3,12,14,15,18)/t3-,5+,8-,11-/m1/s1. The fraction of sp³-hybridized carbons (Fsp3) is 0.455. The Kier molecular flexibility index (Phi) is 4.55. The van der Waals surface area contributed by atoms with Crippen LogP contribution in [0.25, 0.3) is 11.2 Å². The van der Waals surface area contributed by atoms with Crippen molar-refractivity contribution in [3.8, 4) is 0 Å². The molecule has 0 spiro atoms. The SMILES string of the molecule is Nc1nc2c(ncn2[C@@H]2O[C@H](COP(=O)(O)O)[C@](O)(C(=O)O)[C@H]2O)c(=O)[nH]1. The summed E-state index contributed by atoms with van der Waals surface area (Å²) in [7, 11) is -5.02. The number of aromatic nitrogens is 4. The highest BCUT2D eigenvalue weighted by molar-refractivity contribution is 7.46. The Morgan fingerprint density at radius 2 is 2.19 bits per heavy atom. The van der Waals surface area contributed by atoms with Gasteiger partial charge in [0.15, 0.2) is 17.4 Å². The molecule has 27 heavy (non-hydrogen) atoms. The lowest BCUT2D eigenvalue weighted by Gasteiger charge is -2.26. The average Bonchev–Trinajstić information content (AvgIpc) is 3.06. The maximum absolute atomic E-state index is 11.8. The highest BCUT2D eigenvalue weighted by atomic mass is 31.2. The molecule has 16 heteroatoms. The molecule has 0 aliphatic carbocycles. The summed E-state index contributed by atoms with van der Waals surface area (Å²) < 4.78 is 21.3. The Balaban J connectivity index is 2.04. The van der Waals surface area contributed by atoms with E-state index < -0.39 is 50.0 Å². The number of rotatable bonds is 5. The van der Waals surface area contributed by atoms with Gasteiger partial charge < -0.3 is 35.6 Å². The minimum absolute atomic E-state index is 0.176. The summed E-state index contributed by atoms with van der Waals surface area (Å²) in [5, 5.41) is 30.0. The number of aliphatic hydroxyl groups excluding tert-OH is 1. The molecule has 15 nitrogen and oxygen atoms in total. The second-order valence-electron chi connectivity index (χ2n) is 5.65. The molecule has 1 aliphatic rings. The van der Waals surface area contributed by atoms with E-state index in [0.717, 1.165) is 10.9 Å². The second kappa shape index (κ2) is 6.35. The van der Waals surface area contributed by atoms with Crippen molar-refractivity contribution in [3.63, 3.8) is 0 Å². The third-order valence-corrected chi connectivity index (χ3v) is 4.46. The summed E-state index contributed by atoms with van der Waals surface area (Å²) in [4.78, 5) is 50.6. The van der Waals surface area contributed by atoms with Gasteiger partial charge in [0.25, 0.3) is 5.56 Å². The molecule has 1 aliphatic heterocycles. The van der Waals surface area contributed by atoms with Crippen molar-refractivity contribution in [1.82, 2.24) is 19.5 Å². The molecule has 0 unspecified atom stereocenters. The number of aliphatic carboxylic acids is 1. The number of carboxylic acids is 1. The summed E-state index contributed by atoms with van der Waals surface area (Å²) in [5.41, 5.74) is 1.38. The largest absolute Gasteiger partial charge is 0.479 e. The van der Waals surface area contributed by atoms with Gasteiger partial charge in [-0.3, -0.25) is 18.9 Å². The van der Waals surface area contributed by atoms with E-state index in [9.17, 15) is 29.5 Å². The Morgan fingerprint density at radius 3 is 2.78 bits per heavy atom. The predicted octanol–water partition coefficient (Wildman–Crippen LogP) is -3.11. The van der Waals surface area contributed by atoms with Crippen LogP contribution in [0.3, 0.4) is 0 Å². The van der Waals surface area contributed by atoms with Crippen molar-refractivity contribution >= 4 is 30.9 Å². The lowest BCUT2D eigenvalue weighted by atomic mass is 9.92. The van der Waals surface area contributed by atoms with Crippen LogP contribution in [-0.2, 0) is 18.6 Å². The first-order valence-corrected chi connectivity index (χ1v) is 8.70. The zero-order chi connectivity index (χ0) is 20.1. The summed E-state index contributed by atoms with van der Waals surface area (Å²) >= 11 is 0. The molecular weight excluding hydrogens is 393 g/mol. The minimum Gasteiger partial charge on any atom is -0.479 e. The van der Waals surface area contributed by atoms with Gasteiger partial charge in [-0.2, -0.15) is 4.98 Å². The third-order valence-electron chi connectivity index (χ3n) is 3.98. The number of phosphoric acid groups is 1.